The van der Waals surface area contributed by atoms with Crippen LogP contribution in [0.25, 0.3) is 17.4 Å². The third-order valence-electron chi connectivity index (χ3n) is 4.36. The zero-order chi connectivity index (χ0) is 21.3. The summed E-state index contributed by atoms with van der Waals surface area (Å²) in [6.07, 6.45) is 1.68. The molecule has 1 aromatic heterocycles. The molecule has 152 valence electrons. The van der Waals surface area contributed by atoms with Crippen LogP contribution in [0.2, 0.25) is 10.0 Å². The average molecular weight is 461 g/mol. The third-order valence-corrected chi connectivity index (χ3v) is 6.11. The molecule has 2 aromatic carbocycles. The molecule has 0 N–H and O–H groups in total. The molecule has 1 saturated heterocycles. The highest BCUT2D eigenvalue weighted by molar-refractivity contribution is 8.18. The van der Waals surface area contributed by atoms with Crippen LogP contribution in [0, 0.1) is 5.82 Å². The standard InChI is InChI=1S/C22H15Cl2FN2O2S/c1-2-27-21(28)20(30-22(27)26-15-6-4-14(25)5-7-15)12-16-8-10-19(29-16)13-3-9-17(23)18(24)11-13/h3-12H,2H2,1H3/b20-12-,26-22?. The van der Waals surface area contributed by atoms with E-state index in [0.29, 0.717) is 43.9 Å². The average Bonchev–Trinajstić information content (AvgIpc) is 3.31. The fraction of sp³-hybridized carbons (Fsp3) is 0.0909. The first-order valence-electron chi connectivity index (χ1n) is 9.05. The molecule has 1 aliphatic rings. The van der Waals surface area contributed by atoms with Crippen molar-refractivity contribution in [2.75, 3.05) is 6.54 Å². The molecule has 8 heteroatoms. The van der Waals surface area contributed by atoms with E-state index >= 15 is 0 Å². The fourth-order valence-electron chi connectivity index (χ4n) is 2.86. The van der Waals surface area contributed by atoms with Gasteiger partial charge in [0.1, 0.15) is 17.3 Å². The second-order valence-corrected chi connectivity index (χ2v) is 8.19. The van der Waals surface area contributed by atoms with Crippen molar-refractivity contribution in [1.82, 2.24) is 4.90 Å². The Bertz CT molecular complexity index is 1170. The number of benzene rings is 2. The topological polar surface area (TPSA) is 45.8 Å². The Balaban J connectivity index is 1.61. The molecule has 0 aliphatic carbocycles. The summed E-state index contributed by atoms with van der Waals surface area (Å²) in [5.41, 5.74) is 1.36. The summed E-state index contributed by atoms with van der Waals surface area (Å²) in [6, 6.07) is 14.6. The largest absolute Gasteiger partial charge is 0.457 e. The molecule has 2 heterocycles. The summed E-state index contributed by atoms with van der Waals surface area (Å²) in [4.78, 5) is 19.3. The van der Waals surface area contributed by atoms with Crippen LogP contribution < -0.4 is 0 Å². The maximum absolute atomic E-state index is 13.1. The molecular weight excluding hydrogens is 446 g/mol. The van der Waals surface area contributed by atoms with Gasteiger partial charge in [-0.15, -0.1) is 0 Å². The summed E-state index contributed by atoms with van der Waals surface area (Å²) >= 11 is 13.3. The highest BCUT2D eigenvalue weighted by atomic mass is 35.5. The normalized spacial score (nSPS) is 16.8. The van der Waals surface area contributed by atoms with Crippen molar-refractivity contribution in [2.45, 2.75) is 6.92 Å². The molecule has 0 unspecified atom stereocenters. The number of amidine groups is 1. The summed E-state index contributed by atoms with van der Waals surface area (Å²) < 4.78 is 19.0. The minimum atomic E-state index is -0.336. The van der Waals surface area contributed by atoms with Gasteiger partial charge in [0.15, 0.2) is 5.17 Å². The summed E-state index contributed by atoms with van der Waals surface area (Å²) in [5, 5.41) is 1.44. The molecule has 0 saturated carbocycles. The van der Waals surface area contributed by atoms with Gasteiger partial charge in [0.2, 0.25) is 0 Å². The van der Waals surface area contributed by atoms with Crippen molar-refractivity contribution in [3.05, 3.63) is 81.1 Å². The van der Waals surface area contributed by atoms with Crippen LogP contribution in [-0.2, 0) is 4.79 Å². The SMILES string of the molecule is CCN1C(=O)/C(=C/c2ccc(-c3ccc(Cl)c(Cl)c3)o2)SC1=Nc1ccc(F)cc1. The van der Waals surface area contributed by atoms with Crippen LogP contribution in [0.3, 0.4) is 0 Å². The van der Waals surface area contributed by atoms with E-state index in [0.717, 1.165) is 5.56 Å². The number of halogens is 3. The number of likely N-dealkylation sites (N-methyl/N-ethyl adjacent to an activating group) is 1. The molecule has 0 radical (unpaired) electrons. The fourth-order valence-corrected chi connectivity index (χ4v) is 4.20. The minimum absolute atomic E-state index is 0.157. The molecule has 4 rings (SSSR count). The molecule has 30 heavy (non-hydrogen) atoms. The summed E-state index contributed by atoms with van der Waals surface area (Å²) in [6.45, 7) is 2.34. The molecule has 1 fully saturated rings. The van der Waals surface area contributed by atoms with E-state index in [-0.39, 0.29) is 11.7 Å². The van der Waals surface area contributed by atoms with Crippen molar-refractivity contribution >= 4 is 57.8 Å². The second kappa shape index (κ2) is 8.68. The summed E-state index contributed by atoms with van der Waals surface area (Å²) in [7, 11) is 0. The van der Waals surface area contributed by atoms with Crippen LogP contribution in [0.4, 0.5) is 10.1 Å². The van der Waals surface area contributed by atoms with E-state index < -0.39 is 0 Å². The van der Waals surface area contributed by atoms with Gasteiger partial charge in [-0.2, -0.15) is 0 Å². The van der Waals surface area contributed by atoms with Gasteiger partial charge in [0.25, 0.3) is 5.91 Å². The number of thioether (sulfide) groups is 1. The number of furan rings is 1. The van der Waals surface area contributed by atoms with E-state index in [1.54, 1.807) is 47.4 Å². The smallest absolute Gasteiger partial charge is 0.266 e. The molecule has 0 atom stereocenters. The Morgan fingerprint density at radius 1 is 1.10 bits per heavy atom. The van der Waals surface area contributed by atoms with Crippen molar-refractivity contribution in [3.63, 3.8) is 0 Å². The van der Waals surface area contributed by atoms with Gasteiger partial charge in [0.05, 0.1) is 20.6 Å². The molecule has 4 nitrogen and oxygen atoms in total. The Kier molecular flexibility index (Phi) is 5.99. The van der Waals surface area contributed by atoms with E-state index in [1.165, 1.54) is 23.9 Å². The zero-order valence-corrected chi connectivity index (χ0v) is 18.1. The lowest BCUT2D eigenvalue weighted by Gasteiger charge is -2.11. The van der Waals surface area contributed by atoms with Crippen molar-refractivity contribution in [2.24, 2.45) is 4.99 Å². The number of rotatable bonds is 4. The number of amides is 1. The monoisotopic (exact) mass is 460 g/mol. The second-order valence-electron chi connectivity index (χ2n) is 6.36. The van der Waals surface area contributed by atoms with Crippen LogP contribution >= 0.6 is 35.0 Å². The first-order valence-corrected chi connectivity index (χ1v) is 10.6. The van der Waals surface area contributed by atoms with Crippen molar-refractivity contribution in [3.8, 4) is 11.3 Å². The number of nitrogens with zero attached hydrogens (tertiary/aromatic N) is 2. The number of hydrogen-bond acceptors (Lipinski definition) is 4. The minimum Gasteiger partial charge on any atom is -0.457 e. The van der Waals surface area contributed by atoms with Crippen LogP contribution in [0.5, 0.6) is 0 Å². The van der Waals surface area contributed by atoms with Crippen LogP contribution in [0.1, 0.15) is 12.7 Å². The Hall–Kier alpha value is -2.54. The lowest BCUT2D eigenvalue weighted by molar-refractivity contribution is -0.122. The Morgan fingerprint density at radius 3 is 2.57 bits per heavy atom. The van der Waals surface area contributed by atoms with Gasteiger partial charge in [-0.1, -0.05) is 23.2 Å². The van der Waals surface area contributed by atoms with Crippen LogP contribution in [-0.4, -0.2) is 22.5 Å². The zero-order valence-electron chi connectivity index (χ0n) is 15.7. The first kappa shape index (κ1) is 20.7. The highest BCUT2D eigenvalue weighted by Gasteiger charge is 2.32. The van der Waals surface area contributed by atoms with Crippen molar-refractivity contribution in [1.29, 1.82) is 0 Å². The maximum Gasteiger partial charge on any atom is 0.266 e. The lowest BCUT2D eigenvalue weighted by Crippen LogP contribution is -2.28. The molecule has 1 amide bonds. The summed E-state index contributed by atoms with van der Waals surface area (Å²) in [5.74, 6) is 0.655. The molecule has 0 spiro atoms. The van der Waals surface area contributed by atoms with Gasteiger partial charge >= 0.3 is 0 Å². The van der Waals surface area contributed by atoms with Gasteiger partial charge < -0.3 is 4.42 Å². The van der Waals surface area contributed by atoms with E-state index in [1.807, 2.05) is 13.0 Å². The van der Waals surface area contributed by atoms with E-state index in [4.69, 9.17) is 27.6 Å². The van der Waals surface area contributed by atoms with Gasteiger partial charge in [0, 0.05) is 18.2 Å². The Morgan fingerprint density at radius 2 is 1.87 bits per heavy atom. The Labute approximate surface area is 187 Å². The lowest BCUT2D eigenvalue weighted by atomic mass is 10.2. The van der Waals surface area contributed by atoms with E-state index in [2.05, 4.69) is 4.99 Å². The highest BCUT2D eigenvalue weighted by Crippen LogP contribution is 2.35. The van der Waals surface area contributed by atoms with Gasteiger partial charge in [-0.3, -0.25) is 9.69 Å². The molecule has 1 aliphatic heterocycles. The molecule has 0 bridgehead atoms. The number of hydrogen-bond donors (Lipinski definition) is 0. The predicted molar refractivity (Wildman–Crippen MR) is 121 cm³/mol. The van der Waals surface area contributed by atoms with Crippen LogP contribution in [0.15, 0.2) is 68.9 Å². The number of carbonyl (C=O) groups is 1. The third kappa shape index (κ3) is 4.31. The molecule has 3 aromatic rings. The van der Waals surface area contributed by atoms with Gasteiger partial charge in [-0.05, 0) is 73.3 Å². The van der Waals surface area contributed by atoms with Crippen molar-refractivity contribution < 1.29 is 13.6 Å². The number of aliphatic imine (C=N–C) groups is 1. The van der Waals surface area contributed by atoms with E-state index in [9.17, 15) is 9.18 Å². The van der Waals surface area contributed by atoms with Gasteiger partial charge in [-0.25, -0.2) is 9.38 Å². The predicted octanol–water partition coefficient (Wildman–Crippen LogP) is 7.02. The molecular formula is C22H15Cl2FN2O2S. The maximum atomic E-state index is 13.1. The number of carbonyl (C=O) groups excluding carboxylic acids is 1. The first-order chi connectivity index (χ1) is 14.4. The quantitative estimate of drug-likeness (QED) is 0.393.